The number of amides is 1. The van der Waals surface area contributed by atoms with Gasteiger partial charge in [0.2, 0.25) is 0 Å². The highest BCUT2D eigenvalue weighted by Crippen LogP contribution is 2.48. The molecule has 2 fully saturated rings. The van der Waals surface area contributed by atoms with Gasteiger partial charge in [0.25, 0.3) is 11.5 Å². The van der Waals surface area contributed by atoms with Crippen molar-refractivity contribution >= 4 is 16.8 Å². The van der Waals surface area contributed by atoms with E-state index in [4.69, 9.17) is 14.2 Å². The lowest BCUT2D eigenvalue weighted by Gasteiger charge is -2.23. The highest BCUT2D eigenvalue weighted by atomic mass is 19.2. The number of fused-ring (bicyclic) bond motifs is 4. The van der Waals surface area contributed by atoms with Crippen LogP contribution in [0, 0.1) is 17.6 Å². The van der Waals surface area contributed by atoms with Crippen LogP contribution in [0.1, 0.15) is 78.4 Å². The minimum atomic E-state index is -0.878. The van der Waals surface area contributed by atoms with Gasteiger partial charge in [0, 0.05) is 42.4 Å². The number of nitrogens with one attached hydrogen (secondary N) is 1. The smallest absolute Gasteiger partial charge is 0.280 e. The van der Waals surface area contributed by atoms with Crippen molar-refractivity contribution in [3.8, 4) is 22.5 Å². The van der Waals surface area contributed by atoms with Crippen molar-refractivity contribution in [1.82, 2.24) is 19.6 Å². The minimum absolute atomic E-state index is 0.0419. The first kappa shape index (κ1) is 28.9. The highest BCUT2D eigenvalue weighted by molar-refractivity contribution is 6.09. The number of halogens is 2. The lowest BCUT2D eigenvalue weighted by atomic mass is 9.87. The van der Waals surface area contributed by atoms with E-state index in [2.05, 4.69) is 5.16 Å². The summed E-state index contributed by atoms with van der Waals surface area (Å²) in [5.41, 5.74) is 5.65. The summed E-state index contributed by atoms with van der Waals surface area (Å²) in [7, 11) is 0. The lowest BCUT2D eigenvalue weighted by Crippen LogP contribution is -2.22. The monoisotopic (exact) mass is 624 g/mol. The van der Waals surface area contributed by atoms with Gasteiger partial charge in [-0.05, 0) is 92.8 Å². The van der Waals surface area contributed by atoms with Crippen molar-refractivity contribution in [2.24, 2.45) is 5.92 Å². The maximum atomic E-state index is 14.1. The number of pyridine rings is 1. The molecule has 1 N–H and O–H groups in total. The molecule has 0 bridgehead atoms. The van der Waals surface area contributed by atoms with Crippen LogP contribution >= 0.6 is 0 Å². The van der Waals surface area contributed by atoms with Crippen LogP contribution in [0.25, 0.3) is 33.4 Å². The van der Waals surface area contributed by atoms with Gasteiger partial charge < -0.3 is 18.7 Å². The van der Waals surface area contributed by atoms with Gasteiger partial charge in [-0.15, -0.1) is 0 Å². The average molecular weight is 625 g/mol. The summed E-state index contributed by atoms with van der Waals surface area (Å²) < 4.78 is 41.1. The molecular weight excluding hydrogens is 590 g/mol. The molecular formula is C36H34F2N4O4. The van der Waals surface area contributed by atoms with Crippen molar-refractivity contribution in [1.29, 1.82) is 0 Å². The molecule has 6 heterocycles. The fourth-order valence-corrected chi connectivity index (χ4v) is 7.66. The molecule has 10 heteroatoms. The summed E-state index contributed by atoms with van der Waals surface area (Å²) in [6, 6.07) is 13.1. The van der Waals surface area contributed by atoms with E-state index in [1.54, 1.807) is 6.07 Å². The van der Waals surface area contributed by atoms with Crippen LogP contribution in [0.4, 0.5) is 8.78 Å². The Hall–Kier alpha value is -4.57. The van der Waals surface area contributed by atoms with Crippen LogP contribution in [0.2, 0.25) is 0 Å². The van der Waals surface area contributed by atoms with E-state index in [1.807, 2.05) is 46.9 Å². The zero-order valence-corrected chi connectivity index (χ0v) is 25.5. The van der Waals surface area contributed by atoms with Crippen molar-refractivity contribution < 1.29 is 22.8 Å². The molecule has 3 aliphatic heterocycles. The van der Waals surface area contributed by atoms with Gasteiger partial charge in [0.1, 0.15) is 0 Å². The summed E-state index contributed by atoms with van der Waals surface area (Å²) >= 11 is 0. The Balaban J connectivity index is 1.29. The SMILES string of the molecule is CC(c1ccc(F)c(F)c1)n1ccc2cc(-c3c4c(nc(CCC5CCOCC5)c3-c3cc(=O)[nH]o3)[C@@H]3CCCN3C4=O)ccc21. The molecule has 0 saturated carbocycles. The molecule has 236 valence electrons. The van der Waals surface area contributed by atoms with Crippen molar-refractivity contribution in [2.75, 3.05) is 19.8 Å². The Morgan fingerprint density at radius 2 is 1.83 bits per heavy atom. The Morgan fingerprint density at radius 1 is 0.978 bits per heavy atom. The second-order valence-corrected chi connectivity index (χ2v) is 12.7. The van der Waals surface area contributed by atoms with Crippen LogP contribution in [-0.4, -0.2) is 45.3 Å². The molecule has 3 aliphatic rings. The third kappa shape index (κ3) is 4.78. The first-order valence-corrected chi connectivity index (χ1v) is 16.1. The predicted octanol–water partition coefficient (Wildman–Crippen LogP) is 7.19. The van der Waals surface area contributed by atoms with Crippen LogP contribution in [-0.2, 0) is 11.2 Å². The molecule has 5 aromatic rings. The molecule has 2 aromatic carbocycles. The molecule has 3 aromatic heterocycles. The van der Waals surface area contributed by atoms with Crippen molar-refractivity contribution in [2.45, 2.75) is 57.5 Å². The third-order valence-corrected chi connectivity index (χ3v) is 10.1. The summed E-state index contributed by atoms with van der Waals surface area (Å²) in [6.45, 7) is 4.15. The van der Waals surface area contributed by atoms with E-state index in [-0.39, 0.29) is 23.6 Å². The Bertz CT molecular complexity index is 2040. The number of nitrogens with zero attached hydrogens (tertiary/aromatic N) is 3. The zero-order valence-electron chi connectivity index (χ0n) is 25.5. The quantitative estimate of drug-likeness (QED) is 0.207. The molecule has 1 unspecified atom stereocenters. The number of rotatable bonds is 7. The minimum Gasteiger partial charge on any atom is -0.381 e. The zero-order chi connectivity index (χ0) is 31.5. The van der Waals surface area contributed by atoms with Gasteiger partial charge in [-0.3, -0.25) is 14.6 Å². The van der Waals surface area contributed by atoms with Crippen LogP contribution < -0.4 is 5.56 Å². The summed E-state index contributed by atoms with van der Waals surface area (Å²) in [5, 5.41) is 3.37. The third-order valence-electron chi connectivity index (χ3n) is 10.1. The number of hydrogen-bond acceptors (Lipinski definition) is 5. The summed E-state index contributed by atoms with van der Waals surface area (Å²) in [5.74, 6) is -0.924. The second-order valence-electron chi connectivity index (χ2n) is 12.7. The maximum Gasteiger partial charge on any atom is 0.280 e. The number of carbonyl (C=O) groups excluding carboxylic acids is 1. The summed E-state index contributed by atoms with van der Waals surface area (Å²) in [4.78, 5) is 33.6. The highest BCUT2D eigenvalue weighted by Gasteiger charge is 2.44. The number of aromatic amines is 1. The number of carbonyl (C=O) groups is 1. The normalized spacial score (nSPS) is 18.8. The standard InChI is InChI=1S/C36H34F2N4O4/c1-20(22-5-7-25(37)26(38)18-22)41-14-10-23-17-24(6-9-28(23)41)32-33(30-19-31(43)40-46-30)27(8-4-21-11-15-45-16-12-21)39-35-29-3-2-13-42(29)36(44)34(32)35/h5-7,9-10,14,17-21,29H,2-4,8,11-13,15-16H2,1H3,(H,40,43)/t20?,29-/m0/s1. The number of hydrogen-bond donors (Lipinski definition) is 1. The number of ether oxygens (including phenoxy) is 1. The molecule has 8 rings (SSSR count). The van der Waals surface area contributed by atoms with E-state index in [0.717, 1.165) is 84.8 Å². The van der Waals surface area contributed by atoms with E-state index in [1.165, 1.54) is 12.1 Å². The van der Waals surface area contributed by atoms with Gasteiger partial charge in [-0.25, -0.2) is 8.78 Å². The molecule has 2 atom stereocenters. The molecule has 0 spiro atoms. The molecule has 2 saturated heterocycles. The number of H-pyrrole nitrogens is 1. The Morgan fingerprint density at radius 3 is 2.61 bits per heavy atom. The number of aromatic nitrogens is 3. The number of aryl methyl sites for hydroxylation is 1. The first-order chi connectivity index (χ1) is 22.4. The first-order valence-electron chi connectivity index (χ1n) is 16.1. The van der Waals surface area contributed by atoms with E-state index in [9.17, 15) is 18.4 Å². The molecule has 0 aliphatic carbocycles. The van der Waals surface area contributed by atoms with Crippen LogP contribution in [0.5, 0.6) is 0 Å². The fourth-order valence-electron chi connectivity index (χ4n) is 7.66. The molecule has 1 amide bonds. The fraction of sp³-hybridized carbons (Fsp3) is 0.361. The maximum absolute atomic E-state index is 14.1. The van der Waals surface area contributed by atoms with Gasteiger partial charge >= 0.3 is 0 Å². The van der Waals surface area contributed by atoms with Crippen LogP contribution in [0.3, 0.4) is 0 Å². The van der Waals surface area contributed by atoms with Crippen molar-refractivity contribution in [3.05, 3.63) is 99.2 Å². The predicted molar refractivity (Wildman–Crippen MR) is 169 cm³/mol. The van der Waals surface area contributed by atoms with Crippen molar-refractivity contribution in [3.63, 3.8) is 0 Å². The summed E-state index contributed by atoms with van der Waals surface area (Å²) in [6.07, 6.45) is 7.34. The molecule has 46 heavy (non-hydrogen) atoms. The molecule has 8 nitrogen and oxygen atoms in total. The molecule has 0 radical (unpaired) electrons. The van der Waals surface area contributed by atoms with Gasteiger partial charge in [-0.1, -0.05) is 12.1 Å². The van der Waals surface area contributed by atoms with E-state index >= 15 is 0 Å². The van der Waals surface area contributed by atoms with Gasteiger partial charge in [-0.2, -0.15) is 5.16 Å². The van der Waals surface area contributed by atoms with E-state index in [0.29, 0.717) is 41.3 Å². The Labute approximate surface area is 264 Å². The lowest BCUT2D eigenvalue weighted by molar-refractivity contribution is 0.0639. The second kappa shape index (κ2) is 11.3. The van der Waals surface area contributed by atoms with Gasteiger partial charge in [0.15, 0.2) is 17.4 Å². The van der Waals surface area contributed by atoms with Crippen LogP contribution in [0.15, 0.2) is 64.0 Å². The average Bonchev–Trinajstić information content (AvgIpc) is 3.87. The largest absolute Gasteiger partial charge is 0.381 e. The van der Waals surface area contributed by atoms with Gasteiger partial charge in [0.05, 0.1) is 40.7 Å². The number of benzene rings is 2. The Kier molecular flexibility index (Phi) is 7.12. The van der Waals surface area contributed by atoms with E-state index < -0.39 is 11.6 Å². The topological polar surface area (TPSA) is 93.4 Å².